The van der Waals surface area contributed by atoms with E-state index in [0.717, 1.165) is 19.3 Å². The standard InChI is InChI=1S/C18H15N3O4/c22-17-16-10-5-6-11(9-10)19(16)18(23)20(17)14-7-8-15(21(24)25)13-4-2-1-3-12(13)14/h1-4,7-8,10-11,16H,5-6,9H2/t10-,11+,16+/m0/s1. The van der Waals surface area contributed by atoms with Gasteiger partial charge in [0.05, 0.1) is 16.0 Å². The number of nitrogens with zero attached hydrogens (tertiary/aromatic N) is 3. The Hall–Kier alpha value is -2.96. The number of piperidine rings is 1. The second-order valence-electron chi connectivity index (χ2n) is 6.94. The number of amides is 3. The number of nitro benzene ring substituents is 1. The quantitative estimate of drug-likeness (QED) is 0.479. The fourth-order valence-electron chi connectivity index (χ4n) is 4.77. The number of benzene rings is 2. The maximum Gasteiger partial charge on any atom is 0.332 e. The lowest BCUT2D eigenvalue weighted by Gasteiger charge is -2.25. The van der Waals surface area contributed by atoms with E-state index in [2.05, 4.69) is 0 Å². The summed E-state index contributed by atoms with van der Waals surface area (Å²) in [5.74, 6) is 0.0481. The van der Waals surface area contributed by atoms with Crippen LogP contribution in [0, 0.1) is 16.0 Å². The largest absolute Gasteiger partial charge is 0.332 e. The van der Waals surface area contributed by atoms with Crippen LogP contribution in [0.2, 0.25) is 0 Å². The van der Waals surface area contributed by atoms with Crippen LogP contribution in [0.25, 0.3) is 10.8 Å². The van der Waals surface area contributed by atoms with Crippen LogP contribution >= 0.6 is 0 Å². The molecule has 2 aromatic carbocycles. The van der Waals surface area contributed by atoms with Gasteiger partial charge in [-0.05, 0) is 37.3 Å². The molecule has 0 unspecified atom stereocenters. The van der Waals surface area contributed by atoms with Gasteiger partial charge < -0.3 is 4.90 Å². The Morgan fingerprint density at radius 3 is 2.52 bits per heavy atom. The molecule has 3 aliphatic rings. The normalized spacial score (nSPS) is 27.4. The first-order valence-electron chi connectivity index (χ1n) is 8.40. The van der Waals surface area contributed by atoms with Crippen LogP contribution < -0.4 is 4.90 Å². The van der Waals surface area contributed by atoms with Gasteiger partial charge in [0.15, 0.2) is 0 Å². The van der Waals surface area contributed by atoms with Crippen molar-refractivity contribution in [3.63, 3.8) is 0 Å². The summed E-state index contributed by atoms with van der Waals surface area (Å²) in [4.78, 5) is 39.7. The van der Waals surface area contributed by atoms with Gasteiger partial charge in [-0.3, -0.25) is 14.9 Å². The van der Waals surface area contributed by atoms with E-state index in [1.807, 2.05) is 0 Å². The van der Waals surface area contributed by atoms with E-state index < -0.39 is 4.92 Å². The van der Waals surface area contributed by atoms with Crippen molar-refractivity contribution in [3.05, 3.63) is 46.5 Å². The first-order chi connectivity index (χ1) is 12.1. The summed E-state index contributed by atoms with van der Waals surface area (Å²) < 4.78 is 0. The van der Waals surface area contributed by atoms with Crippen molar-refractivity contribution in [2.75, 3.05) is 4.90 Å². The van der Waals surface area contributed by atoms with Crippen molar-refractivity contribution in [1.29, 1.82) is 0 Å². The molecule has 3 amide bonds. The molecule has 0 aromatic heterocycles. The highest BCUT2D eigenvalue weighted by molar-refractivity contribution is 6.25. The van der Waals surface area contributed by atoms with Gasteiger partial charge >= 0.3 is 6.03 Å². The van der Waals surface area contributed by atoms with E-state index in [1.54, 1.807) is 29.2 Å². The Labute approximate surface area is 143 Å². The van der Waals surface area contributed by atoms with Crippen molar-refractivity contribution >= 4 is 34.1 Å². The summed E-state index contributed by atoms with van der Waals surface area (Å²) in [6.45, 7) is 0. The SMILES string of the molecule is O=C1[C@H]2[C@H]3CC[C@H](C3)N2C(=O)N1c1ccc([N+](=O)[O-])c2ccccc12. The van der Waals surface area contributed by atoms with Gasteiger partial charge in [-0.25, -0.2) is 9.69 Å². The lowest BCUT2D eigenvalue weighted by molar-refractivity contribution is -0.383. The van der Waals surface area contributed by atoms with Crippen LogP contribution in [-0.2, 0) is 4.79 Å². The predicted molar refractivity (Wildman–Crippen MR) is 90.2 cm³/mol. The van der Waals surface area contributed by atoms with E-state index in [9.17, 15) is 19.7 Å². The monoisotopic (exact) mass is 337 g/mol. The zero-order valence-corrected chi connectivity index (χ0v) is 13.3. The van der Waals surface area contributed by atoms with Crippen LogP contribution in [0.15, 0.2) is 36.4 Å². The lowest BCUT2D eigenvalue weighted by atomic mass is 9.99. The molecule has 0 radical (unpaired) electrons. The molecule has 3 atom stereocenters. The summed E-state index contributed by atoms with van der Waals surface area (Å²) in [5, 5.41) is 12.3. The third kappa shape index (κ3) is 1.75. The van der Waals surface area contributed by atoms with Crippen molar-refractivity contribution in [3.8, 4) is 0 Å². The molecule has 2 aliphatic heterocycles. The summed E-state index contributed by atoms with van der Waals surface area (Å²) >= 11 is 0. The van der Waals surface area contributed by atoms with Crippen molar-refractivity contribution in [2.24, 2.45) is 5.92 Å². The number of fused-ring (bicyclic) bond motifs is 6. The molecule has 2 saturated heterocycles. The maximum absolute atomic E-state index is 13.0. The van der Waals surface area contributed by atoms with Gasteiger partial charge in [0.1, 0.15) is 6.04 Å². The van der Waals surface area contributed by atoms with Gasteiger partial charge in [-0.2, -0.15) is 0 Å². The van der Waals surface area contributed by atoms with Gasteiger partial charge in [0.2, 0.25) is 0 Å². The number of carbonyl (C=O) groups excluding carboxylic acids is 2. The van der Waals surface area contributed by atoms with E-state index in [4.69, 9.17) is 0 Å². The average Bonchev–Trinajstić information content (AvgIpc) is 3.28. The number of hydrogen-bond donors (Lipinski definition) is 0. The fraction of sp³-hybridized carbons (Fsp3) is 0.333. The Morgan fingerprint density at radius 1 is 1.04 bits per heavy atom. The number of carbonyl (C=O) groups is 2. The molecule has 1 saturated carbocycles. The Morgan fingerprint density at radius 2 is 1.80 bits per heavy atom. The van der Waals surface area contributed by atoms with Crippen LogP contribution in [0.3, 0.4) is 0 Å². The van der Waals surface area contributed by atoms with Crippen LogP contribution in [0.4, 0.5) is 16.2 Å². The van der Waals surface area contributed by atoms with Crippen LogP contribution in [-0.4, -0.2) is 33.8 Å². The molecule has 1 aliphatic carbocycles. The minimum Gasteiger partial charge on any atom is -0.309 e. The number of anilines is 1. The molecule has 7 heteroatoms. The average molecular weight is 337 g/mol. The second-order valence-corrected chi connectivity index (χ2v) is 6.94. The number of non-ortho nitro benzene ring substituents is 1. The number of imide groups is 1. The molecule has 126 valence electrons. The van der Waals surface area contributed by atoms with E-state index in [1.165, 1.54) is 17.0 Å². The Balaban J connectivity index is 1.67. The smallest absolute Gasteiger partial charge is 0.309 e. The Kier molecular flexibility index (Phi) is 2.75. The zero-order chi connectivity index (χ0) is 17.3. The first-order valence-corrected chi connectivity index (χ1v) is 8.40. The molecular weight excluding hydrogens is 322 g/mol. The lowest BCUT2D eigenvalue weighted by Crippen LogP contribution is -2.40. The van der Waals surface area contributed by atoms with E-state index in [0.29, 0.717) is 16.5 Å². The molecule has 2 heterocycles. The number of nitro groups is 1. The predicted octanol–water partition coefficient (Wildman–Crippen LogP) is 3.07. The third-order valence-corrected chi connectivity index (χ3v) is 5.79. The number of urea groups is 1. The van der Waals surface area contributed by atoms with Crippen LogP contribution in [0.5, 0.6) is 0 Å². The molecule has 7 nitrogen and oxygen atoms in total. The number of hydrogen-bond acceptors (Lipinski definition) is 4. The summed E-state index contributed by atoms with van der Waals surface area (Å²) in [7, 11) is 0. The minimum absolute atomic E-state index is 0.0287. The van der Waals surface area contributed by atoms with Crippen molar-refractivity contribution < 1.29 is 14.5 Å². The summed E-state index contributed by atoms with van der Waals surface area (Å²) in [5.41, 5.74) is 0.406. The first kappa shape index (κ1) is 14.4. The highest BCUT2D eigenvalue weighted by Gasteiger charge is 2.59. The Bertz CT molecular complexity index is 928. The topological polar surface area (TPSA) is 83.8 Å². The highest BCUT2D eigenvalue weighted by atomic mass is 16.6. The third-order valence-electron chi connectivity index (χ3n) is 5.79. The van der Waals surface area contributed by atoms with Crippen LogP contribution in [0.1, 0.15) is 19.3 Å². The van der Waals surface area contributed by atoms with E-state index >= 15 is 0 Å². The molecule has 25 heavy (non-hydrogen) atoms. The summed E-state index contributed by atoms with van der Waals surface area (Å²) in [6.07, 6.45) is 2.85. The molecule has 2 bridgehead atoms. The molecule has 2 aromatic rings. The van der Waals surface area contributed by atoms with E-state index in [-0.39, 0.29) is 35.6 Å². The van der Waals surface area contributed by atoms with Crippen molar-refractivity contribution in [2.45, 2.75) is 31.3 Å². The molecule has 3 fully saturated rings. The zero-order valence-electron chi connectivity index (χ0n) is 13.3. The van der Waals surface area contributed by atoms with Gasteiger partial charge in [0, 0.05) is 17.5 Å². The summed E-state index contributed by atoms with van der Waals surface area (Å²) in [6, 6.07) is 9.22. The van der Waals surface area contributed by atoms with Gasteiger partial charge in [-0.15, -0.1) is 0 Å². The number of rotatable bonds is 2. The molecule has 5 rings (SSSR count). The van der Waals surface area contributed by atoms with Gasteiger partial charge in [0.25, 0.3) is 11.6 Å². The van der Waals surface area contributed by atoms with Gasteiger partial charge in [-0.1, -0.05) is 18.2 Å². The molecule has 0 N–H and O–H groups in total. The molecule has 0 spiro atoms. The molecular formula is C18H15N3O4. The highest BCUT2D eigenvalue weighted by Crippen LogP contribution is 2.48. The fourth-order valence-corrected chi connectivity index (χ4v) is 4.77. The minimum atomic E-state index is -0.446. The van der Waals surface area contributed by atoms with Crippen molar-refractivity contribution in [1.82, 2.24) is 4.90 Å². The maximum atomic E-state index is 13.0. The second kappa shape index (κ2) is 4.78.